The van der Waals surface area contributed by atoms with Gasteiger partial charge in [-0.2, -0.15) is 0 Å². The molecule has 1 saturated heterocycles. The van der Waals surface area contributed by atoms with Crippen LogP contribution in [0.25, 0.3) is 6.08 Å². The number of carbonyl (C=O) groups is 2. The van der Waals surface area contributed by atoms with Gasteiger partial charge in [0.25, 0.3) is 5.91 Å². The molecule has 0 aliphatic carbocycles. The molecular weight excluding hydrogens is 538 g/mol. The molecule has 2 aromatic rings. The highest BCUT2D eigenvalue weighted by molar-refractivity contribution is 9.10. The fourth-order valence-corrected chi connectivity index (χ4v) is 5.08. The van der Waals surface area contributed by atoms with Crippen molar-refractivity contribution < 1.29 is 23.8 Å². The maximum Gasteiger partial charge on any atom is 0.307 e. The lowest BCUT2D eigenvalue weighted by Crippen LogP contribution is -2.30. The van der Waals surface area contributed by atoms with Crippen molar-refractivity contribution >= 4 is 62.2 Å². The Morgan fingerprint density at radius 1 is 1.15 bits per heavy atom. The van der Waals surface area contributed by atoms with E-state index in [4.69, 9.17) is 26.4 Å². The number of esters is 1. The van der Waals surface area contributed by atoms with Crippen LogP contribution < -0.4 is 9.47 Å². The normalized spacial score (nSPS) is 14.6. The van der Waals surface area contributed by atoms with Crippen molar-refractivity contribution in [1.82, 2.24) is 4.90 Å². The fourth-order valence-electron chi connectivity index (χ4n) is 3.19. The molecule has 1 amide bonds. The molecular formula is C25H26BrNO5S2. The van der Waals surface area contributed by atoms with Gasteiger partial charge in [-0.15, -0.1) is 0 Å². The van der Waals surface area contributed by atoms with Crippen LogP contribution in [0.4, 0.5) is 0 Å². The summed E-state index contributed by atoms with van der Waals surface area (Å²) in [4.78, 5) is 26.4. The summed E-state index contributed by atoms with van der Waals surface area (Å²) in [6, 6.07) is 11.9. The molecule has 0 saturated carbocycles. The summed E-state index contributed by atoms with van der Waals surface area (Å²) in [5.74, 6) is 0.592. The van der Waals surface area contributed by atoms with E-state index in [2.05, 4.69) is 15.9 Å². The molecule has 0 radical (unpaired) electrons. The van der Waals surface area contributed by atoms with E-state index in [0.717, 1.165) is 15.6 Å². The molecule has 2 aromatic carbocycles. The highest BCUT2D eigenvalue weighted by Crippen LogP contribution is 2.39. The second-order valence-corrected chi connectivity index (χ2v) is 9.96. The lowest BCUT2D eigenvalue weighted by atomic mass is 10.1. The zero-order valence-electron chi connectivity index (χ0n) is 19.3. The van der Waals surface area contributed by atoms with Crippen molar-refractivity contribution in [2.75, 3.05) is 19.8 Å². The van der Waals surface area contributed by atoms with Gasteiger partial charge in [0.2, 0.25) is 0 Å². The highest BCUT2D eigenvalue weighted by Gasteiger charge is 2.32. The molecule has 3 rings (SSSR count). The Labute approximate surface area is 217 Å². The average Bonchev–Trinajstić information content (AvgIpc) is 3.05. The number of thiocarbonyl (C=S) groups is 1. The topological polar surface area (TPSA) is 65.1 Å². The summed E-state index contributed by atoms with van der Waals surface area (Å²) in [5, 5.41) is 0. The number of ether oxygens (including phenoxy) is 3. The van der Waals surface area contributed by atoms with Gasteiger partial charge in [-0.05, 0) is 66.0 Å². The van der Waals surface area contributed by atoms with Gasteiger partial charge in [0.05, 0.1) is 29.0 Å². The van der Waals surface area contributed by atoms with Gasteiger partial charge in [0.15, 0.2) is 11.5 Å². The largest absolute Gasteiger partial charge is 0.490 e. The van der Waals surface area contributed by atoms with E-state index in [1.165, 1.54) is 22.2 Å². The number of carbonyl (C=O) groups excluding carboxylic acids is 2. The lowest BCUT2D eigenvalue weighted by molar-refractivity contribution is -0.143. The molecule has 0 atom stereocenters. The molecule has 1 fully saturated rings. The maximum atomic E-state index is 12.9. The Morgan fingerprint density at radius 2 is 1.88 bits per heavy atom. The summed E-state index contributed by atoms with van der Waals surface area (Å²) >= 11 is 10.1. The van der Waals surface area contributed by atoms with Crippen LogP contribution in [0.5, 0.6) is 11.5 Å². The molecule has 1 heterocycles. The summed E-state index contributed by atoms with van der Waals surface area (Å²) in [6.07, 6.45) is 1.86. The number of rotatable bonds is 10. The summed E-state index contributed by atoms with van der Waals surface area (Å²) in [7, 11) is 0. The molecule has 1 aliphatic heterocycles. The van der Waals surface area contributed by atoms with Gasteiger partial charge >= 0.3 is 5.97 Å². The minimum absolute atomic E-state index is 0.0978. The summed E-state index contributed by atoms with van der Waals surface area (Å²) < 4.78 is 18.0. The number of halogens is 1. The molecule has 0 N–H and O–H groups in total. The quantitative estimate of drug-likeness (QED) is 0.203. The van der Waals surface area contributed by atoms with E-state index in [9.17, 15) is 9.59 Å². The Balaban J connectivity index is 1.77. The number of hydrogen-bond acceptors (Lipinski definition) is 7. The average molecular weight is 565 g/mol. The lowest BCUT2D eigenvalue weighted by Gasteiger charge is -2.15. The number of benzene rings is 2. The molecule has 0 bridgehead atoms. The first-order valence-electron chi connectivity index (χ1n) is 10.9. The van der Waals surface area contributed by atoms with Crippen molar-refractivity contribution in [2.24, 2.45) is 0 Å². The van der Waals surface area contributed by atoms with Crippen LogP contribution in [-0.2, 0) is 20.9 Å². The van der Waals surface area contributed by atoms with Crippen LogP contribution in [0.15, 0.2) is 45.8 Å². The van der Waals surface area contributed by atoms with Crippen molar-refractivity contribution in [3.8, 4) is 11.5 Å². The first-order valence-corrected chi connectivity index (χ1v) is 12.9. The molecule has 0 unspecified atom stereocenters. The van der Waals surface area contributed by atoms with Crippen LogP contribution in [0.2, 0.25) is 0 Å². The number of nitrogens with zero attached hydrogens (tertiary/aromatic N) is 1. The fraction of sp³-hybridized carbons (Fsp3) is 0.320. The second-order valence-electron chi connectivity index (χ2n) is 7.43. The number of aryl methyl sites for hydroxylation is 1. The smallest absolute Gasteiger partial charge is 0.307 e. The van der Waals surface area contributed by atoms with Gasteiger partial charge in [0, 0.05) is 6.54 Å². The minimum atomic E-state index is -0.355. The number of hydrogen-bond donors (Lipinski definition) is 0. The summed E-state index contributed by atoms with van der Waals surface area (Å²) in [6.45, 7) is 7.05. The Kier molecular flexibility index (Phi) is 9.55. The molecule has 9 heteroatoms. The van der Waals surface area contributed by atoms with Gasteiger partial charge in [0.1, 0.15) is 10.9 Å². The van der Waals surface area contributed by atoms with Gasteiger partial charge in [-0.1, -0.05) is 53.8 Å². The zero-order chi connectivity index (χ0) is 24.7. The standard InChI is InChI=1S/C25H26BrNO5S2/c1-4-30-20-13-18(12-19(26)23(20)32-15-17-8-6-16(3)7-9-17)14-21-24(29)27(25(33)34-21)11-10-22(28)31-5-2/h6-9,12-14H,4-5,10-11,15H2,1-3H3/b21-14-. The third-order valence-electron chi connectivity index (χ3n) is 4.85. The van der Waals surface area contributed by atoms with Crippen molar-refractivity contribution in [2.45, 2.75) is 33.8 Å². The van der Waals surface area contributed by atoms with Crippen molar-refractivity contribution in [3.63, 3.8) is 0 Å². The predicted octanol–water partition coefficient (Wildman–Crippen LogP) is 5.89. The molecule has 6 nitrogen and oxygen atoms in total. The van der Waals surface area contributed by atoms with Crippen LogP contribution in [0.1, 0.15) is 37.0 Å². The van der Waals surface area contributed by atoms with Crippen molar-refractivity contribution in [1.29, 1.82) is 0 Å². The van der Waals surface area contributed by atoms with E-state index in [-0.39, 0.29) is 24.8 Å². The third kappa shape index (κ3) is 6.84. The van der Waals surface area contributed by atoms with Crippen LogP contribution >= 0.6 is 39.9 Å². The van der Waals surface area contributed by atoms with E-state index < -0.39 is 0 Å². The Bertz CT molecular complexity index is 1100. The van der Waals surface area contributed by atoms with E-state index >= 15 is 0 Å². The SMILES string of the molecule is CCOC(=O)CCN1C(=O)/C(=C/c2cc(Br)c(OCc3ccc(C)cc3)c(OCC)c2)SC1=S. The van der Waals surface area contributed by atoms with Crippen LogP contribution in [0, 0.1) is 6.92 Å². The molecule has 180 valence electrons. The Morgan fingerprint density at radius 3 is 2.56 bits per heavy atom. The first-order chi connectivity index (χ1) is 16.3. The van der Waals surface area contributed by atoms with E-state index in [0.29, 0.717) is 40.5 Å². The van der Waals surface area contributed by atoms with Gasteiger partial charge < -0.3 is 14.2 Å². The monoisotopic (exact) mass is 563 g/mol. The molecule has 0 spiro atoms. The molecule has 1 aliphatic rings. The van der Waals surface area contributed by atoms with E-state index in [1.54, 1.807) is 13.0 Å². The minimum Gasteiger partial charge on any atom is -0.490 e. The predicted molar refractivity (Wildman–Crippen MR) is 142 cm³/mol. The van der Waals surface area contributed by atoms with E-state index in [1.807, 2.05) is 50.2 Å². The van der Waals surface area contributed by atoms with Crippen molar-refractivity contribution in [3.05, 3.63) is 62.5 Å². The zero-order valence-corrected chi connectivity index (χ0v) is 22.5. The molecule has 0 aromatic heterocycles. The van der Waals surface area contributed by atoms with Gasteiger partial charge in [-0.3, -0.25) is 14.5 Å². The van der Waals surface area contributed by atoms with Gasteiger partial charge in [-0.25, -0.2) is 0 Å². The van der Waals surface area contributed by atoms with Crippen LogP contribution in [-0.4, -0.2) is 40.9 Å². The Hall–Kier alpha value is -2.36. The number of thioether (sulfide) groups is 1. The number of amides is 1. The molecule has 34 heavy (non-hydrogen) atoms. The second kappa shape index (κ2) is 12.4. The summed E-state index contributed by atoms with van der Waals surface area (Å²) in [5.41, 5.74) is 3.01. The maximum absolute atomic E-state index is 12.9. The highest BCUT2D eigenvalue weighted by atomic mass is 79.9. The third-order valence-corrected chi connectivity index (χ3v) is 6.82. The van der Waals surface area contributed by atoms with Crippen LogP contribution in [0.3, 0.4) is 0 Å². The first kappa shape index (κ1) is 26.2.